The molecule has 1 aromatic heterocycles. The van der Waals surface area contributed by atoms with E-state index in [2.05, 4.69) is 15.2 Å². The SMILES string of the molecule is Cc1nn(C)cc1NCc1ccc(OC(F)F)cc1. The van der Waals surface area contributed by atoms with Crippen molar-refractivity contribution in [2.75, 3.05) is 5.32 Å². The van der Waals surface area contributed by atoms with Crippen LogP contribution in [0.2, 0.25) is 0 Å². The van der Waals surface area contributed by atoms with E-state index < -0.39 is 6.61 Å². The van der Waals surface area contributed by atoms with Crippen molar-refractivity contribution in [1.82, 2.24) is 9.78 Å². The summed E-state index contributed by atoms with van der Waals surface area (Å²) in [6, 6.07) is 6.55. The maximum atomic E-state index is 12.0. The first-order chi connectivity index (χ1) is 9.04. The Hall–Kier alpha value is -2.11. The molecule has 0 aliphatic heterocycles. The van der Waals surface area contributed by atoms with Crippen molar-refractivity contribution in [2.45, 2.75) is 20.1 Å². The lowest BCUT2D eigenvalue weighted by atomic mass is 10.2. The lowest BCUT2D eigenvalue weighted by molar-refractivity contribution is -0.0498. The summed E-state index contributed by atoms with van der Waals surface area (Å²) in [5.41, 5.74) is 2.85. The van der Waals surface area contributed by atoms with Crippen molar-refractivity contribution >= 4 is 5.69 Å². The highest BCUT2D eigenvalue weighted by atomic mass is 19.3. The number of aromatic nitrogens is 2. The van der Waals surface area contributed by atoms with Crippen molar-refractivity contribution in [3.8, 4) is 5.75 Å². The van der Waals surface area contributed by atoms with E-state index in [1.54, 1.807) is 16.8 Å². The van der Waals surface area contributed by atoms with Gasteiger partial charge in [0.25, 0.3) is 0 Å². The summed E-state index contributed by atoms with van der Waals surface area (Å²) in [4.78, 5) is 0. The fourth-order valence-electron chi connectivity index (χ4n) is 1.76. The minimum atomic E-state index is -2.79. The predicted molar refractivity (Wildman–Crippen MR) is 68.3 cm³/mol. The van der Waals surface area contributed by atoms with Crippen LogP contribution >= 0.6 is 0 Å². The van der Waals surface area contributed by atoms with E-state index in [4.69, 9.17) is 0 Å². The molecule has 102 valence electrons. The standard InChI is InChI=1S/C13H15F2N3O/c1-9-12(8-18(2)17-9)16-7-10-3-5-11(6-4-10)19-13(14)15/h3-6,8,13,16H,7H2,1-2H3. The van der Waals surface area contributed by atoms with Gasteiger partial charge in [0.15, 0.2) is 0 Å². The van der Waals surface area contributed by atoms with Gasteiger partial charge < -0.3 is 10.1 Å². The van der Waals surface area contributed by atoms with Gasteiger partial charge in [-0.2, -0.15) is 13.9 Å². The van der Waals surface area contributed by atoms with Crippen molar-refractivity contribution < 1.29 is 13.5 Å². The number of benzene rings is 1. The molecule has 0 amide bonds. The molecule has 4 nitrogen and oxygen atoms in total. The Morgan fingerprint density at radius 3 is 2.53 bits per heavy atom. The van der Waals surface area contributed by atoms with Gasteiger partial charge in [0.2, 0.25) is 0 Å². The number of nitrogens with zero attached hydrogens (tertiary/aromatic N) is 2. The van der Waals surface area contributed by atoms with Crippen LogP contribution in [0.5, 0.6) is 5.75 Å². The molecule has 0 spiro atoms. The van der Waals surface area contributed by atoms with Gasteiger partial charge in [-0.05, 0) is 24.6 Å². The molecular formula is C13H15F2N3O. The Morgan fingerprint density at radius 1 is 1.32 bits per heavy atom. The molecule has 19 heavy (non-hydrogen) atoms. The topological polar surface area (TPSA) is 39.1 Å². The second-order valence-electron chi connectivity index (χ2n) is 4.18. The van der Waals surface area contributed by atoms with Crippen LogP contribution < -0.4 is 10.1 Å². The Kier molecular flexibility index (Phi) is 3.99. The summed E-state index contributed by atoms with van der Waals surface area (Å²) in [6.07, 6.45) is 1.89. The molecule has 0 saturated heterocycles. The number of hydrogen-bond donors (Lipinski definition) is 1. The van der Waals surface area contributed by atoms with E-state index in [-0.39, 0.29) is 5.75 Å². The third-order valence-electron chi connectivity index (χ3n) is 2.64. The predicted octanol–water partition coefficient (Wildman–Crippen LogP) is 2.94. The maximum absolute atomic E-state index is 12.0. The summed E-state index contributed by atoms with van der Waals surface area (Å²) in [5.74, 6) is 0.163. The summed E-state index contributed by atoms with van der Waals surface area (Å²) < 4.78 is 30.0. The molecule has 1 heterocycles. The van der Waals surface area contributed by atoms with E-state index in [0.29, 0.717) is 6.54 Å². The number of ether oxygens (including phenoxy) is 1. The second kappa shape index (κ2) is 5.69. The zero-order chi connectivity index (χ0) is 13.8. The number of aryl methyl sites for hydroxylation is 2. The van der Waals surface area contributed by atoms with Crippen molar-refractivity contribution in [3.05, 3.63) is 41.7 Å². The summed E-state index contributed by atoms with van der Waals surface area (Å²) >= 11 is 0. The Balaban J connectivity index is 1.94. The monoisotopic (exact) mass is 267 g/mol. The summed E-state index contributed by atoms with van der Waals surface area (Å²) in [5, 5.41) is 7.46. The maximum Gasteiger partial charge on any atom is 0.387 e. The number of anilines is 1. The van der Waals surface area contributed by atoms with Crippen LogP contribution in [0.3, 0.4) is 0 Å². The highest BCUT2D eigenvalue weighted by molar-refractivity contribution is 5.46. The van der Waals surface area contributed by atoms with Crippen molar-refractivity contribution in [2.24, 2.45) is 7.05 Å². The molecule has 6 heteroatoms. The van der Waals surface area contributed by atoms with Crippen LogP contribution in [0.4, 0.5) is 14.5 Å². The first kappa shape index (κ1) is 13.3. The molecule has 0 aliphatic carbocycles. The Morgan fingerprint density at radius 2 is 2.00 bits per heavy atom. The second-order valence-corrected chi connectivity index (χ2v) is 4.18. The molecule has 0 radical (unpaired) electrons. The van der Waals surface area contributed by atoms with E-state index >= 15 is 0 Å². The van der Waals surface area contributed by atoms with Gasteiger partial charge >= 0.3 is 6.61 Å². The normalized spacial score (nSPS) is 10.8. The molecule has 1 aromatic carbocycles. The molecule has 0 bridgehead atoms. The Labute approximate surface area is 110 Å². The lowest BCUT2D eigenvalue weighted by Crippen LogP contribution is -2.03. The average Bonchev–Trinajstić information content (AvgIpc) is 2.66. The first-order valence-corrected chi connectivity index (χ1v) is 5.82. The van der Waals surface area contributed by atoms with E-state index in [9.17, 15) is 8.78 Å². The van der Waals surface area contributed by atoms with Gasteiger partial charge in [-0.15, -0.1) is 0 Å². The zero-order valence-electron chi connectivity index (χ0n) is 10.7. The minimum absolute atomic E-state index is 0.163. The van der Waals surface area contributed by atoms with Crippen LogP contribution in [0.1, 0.15) is 11.3 Å². The van der Waals surface area contributed by atoms with Crippen molar-refractivity contribution in [3.63, 3.8) is 0 Å². The minimum Gasteiger partial charge on any atom is -0.435 e. The number of rotatable bonds is 5. The van der Waals surface area contributed by atoms with Crippen molar-refractivity contribution in [1.29, 1.82) is 0 Å². The number of nitrogens with one attached hydrogen (secondary N) is 1. The molecule has 0 atom stereocenters. The van der Waals surface area contributed by atoms with Gasteiger partial charge in [-0.3, -0.25) is 4.68 Å². The molecule has 0 unspecified atom stereocenters. The third-order valence-corrected chi connectivity index (χ3v) is 2.64. The third kappa shape index (κ3) is 3.67. The lowest BCUT2D eigenvalue weighted by Gasteiger charge is -2.07. The quantitative estimate of drug-likeness (QED) is 0.905. The van der Waals surface area contributed by atoms with E-state index in [1.807, 2.05) is 20.2 Å². The average molecular weight is 267 g/mol. The fourth-order valence-corrected chi connectivity index (χ4v) is 1.76. The number of alkyl halides is 2. The zero-order valence-corrected chi connectivity index (χ0v) is 10.7. The number of halogens is 2. The van der Waals surface area contributed by atoms with E-state index in [1.165, 1.54) is 12.1 Å². The fraction of sp³-hybridized carbons (Fsp3) is 0.308. The smallest absolute Gasteiger partial charge is 0.387 e. The van der Waals surface area contributed by atoms with Gasteiger partial charge in [0.05, 0.1) is 11.4 Å². The van der Waals surface area contributed by atoms with Crippen LogP contribution in [-0.4, -0.2) is 16.4 Å². The van der Waals surface area contributed by atoms with Gasteiger partial charge in [-0.1, -0.05) is 12.1 Å². The number of hydrogen-bond acceptors (Lipinski definition) is 3. The molecule has 1 N–H and O–H groups in total. The highest BCUT2D eigenvalue weighted by Crippen LogP contribution is 2.17. The Bertz CT molecular complexity index is 537. The molecule has 0 fully saturated rings. The highest BCUT2D eigenvalue weighted by Gasteiger charge is 2.05. The van der Waals surface area contributed by atoms with Crippen LogP contribution in [0, 0.1) is 6.92 Å². The molecule has 0 aliphatic rings. The van der Waals surface area contributed by atoms with Crippen LogP contribution in [0.25, 0.3) is 0 Å². The molecule has 2 rings (SSSR count). The largest absolute Gasteiger partial charge is 0.435 e. The molecule has 0 saturated carbocycles. The molecular weight excluding hydrogens is 252 g/mol. The van der Waals surface area contributed by atoms with Gasteiger partial charge in [0, 0.05) is 19.8 Å². The van der Waals surface area contributed by atoms with E-state index in [0.717, 1.165) is 16.9 Å². The molecule has 2 aromatic rings. The first-order valence-electron chi connectivity index (χ1n) is 5.82. The van der Waals surface area contributed by atoms with Crippen LogP contribution in [0.15, 0.2) is 30.5 Å². The summed E-state index contributed by atoms with van der Waals surface area (Å²) in [6.45, 7) is -0.273. The van der Waals surface area contributed by atoms with Gasteiger partial charge in [-0.25, -0.2) is 0 Å². The summed E-state index contributed by atoms with van der Waals surface area (Å²) in [7, 11) is 1.86. The van der Waals surface area contributed by atoms with Crippen LogP contribution in [-0.2, 0) is 13.6 Å². The van der Waals surface area contributed by atoms with Gasteiger partial charge in [0.1, 0.15) is 5.75 Å².